The van der Waals surface area contributed by atoms with Gasteiger partial charge in [0.1, 0.15) is 0 Å². The number of aryl methyl sites for hydroxylation is 1. The maximum atomic E-state index is 12.0. The third kappa shape index (κ3) is 4.72. The maximum absolute atomic E-state index is 12.0. The number of anilines is 2. The number of nitrogens with zero attached hydrogens (tertiary/aromatic N) is 2. The summed E-state index contributed by atoms with van der Waals surface area (Å²) in [5, 5.41) is 4.95. The summed E-state index contributed by atoms with van der Waals surface area (Å²) in [6.45, 7) is 4.23. The van der Waals surface area contributed by atoms with Crippen LogP contribution < -0.4 is 10.2 Å². The number of thioether (sulfide) groups is 1. The molecule has 23 heavy (non-hydrogen) atoms. The van der Waals surface area contributed by atoms with Gasteiger partial charge < -0.3 is 10.2 Å². The molecular weight excluding hydrogens is 326 g/mol. The molecule has 1 aromatic carbocycles. The van der Waals surface area contributed by atoms with Gasteiger partial charge in [0, 0.05) is 35.5 Å². The molecule has 4 nitrogen and oxygen atoms in total. The van der Waals surface area contributed by atoms with Gasteiger partial charge in [0.25, 0.3) is 0 Å². The van der Waals surface area contributed by atoms with Crippen molar-refractivity contribution >= 4 is 40.4 Å². The minimum absolute atomic E-state index is 0.00794. The molecule has 3 rings (SSSR count). The summed E-state index contributed by atoms with van der Waals surface area (Å²) in [5.41, 5.74) is 3.10. The van der Waals surface area contributed by atoms with Crippen molar-refractivity contribution in [3.8, 4) is 0 Å². The minimum atomic E-state index is 0.00794. The zero-order valence-electron chi connectivity index (χ0n) is 13.2. The molecule has 0 aliphatic carbocycles. The molecule has 1 fully saturated rings. The average Bonchev–Trinajstić information content (AvgIpc) is 3.00. The molecule has 0 saturated carbocycles. The number of rotatable bonds is 5. The van der Waals surface area contributed by atoms with Crippen LogP contribution in [0.3, 0.4) is 0 Å². The summed E-state index contributed by atoms with van der Waals surface area (Å²) in [5.74, 6) is 0.398. The van der Waals surface area contributed by atoms with Crippen LogP contribution in [-0.4, -0.2) is 29.7 Å². The molecule has 1 saturated heterocycles. The number of thiazole rings is 1. The van der Waals surface area contributed by atoms with Crippen LogP contribution >= 0.6 is 23.1 Å². The highest BCUT2D eigenvalue weighted by Gasteiger charge is 2.11. The quantitative estimate of drug-likeness (QED) is 0.825. The number of hydrogen-bond acceptors (Lipinski definition) is 5. The van der Waals surface area contributed by atoms with Crippen LogP contribution in [0.2, 0.25) is 0 Å². The van der Waals surface area contributed by atoms with Crippen molar-refractivity contribution in [2.24, 2.45) is 0 Å². The van der Waals surface area contributed by atoms with Crippen LogP contribution in [-0.2, 0) is 4.79 Å². The fourth-order valence-electron chi connectivity index (χ4n) is 2.63. The highest BCUT2D eigenvalue weighted by atomic mass is 32.2. The summed E-state index contributed by atoms with van der Waals surface area (Å²) >= 11 is 3.06. The maximum Gasteiger partial charge on any atom is 0.234 e. The first-order valence-corrected chi connectivity index (χ1v) is 9.77. The number of carbonyl (C=O) groups is 1. The fourth-order valence-corrected chi connectivity index (χ4v) is 4.28. The molecule has 0 unspecified atom stereocenters. The Hall–Kier alpha value is -1.53. The molecule has 1 aliphatic rings. The summed E-state index contributed by atoms with van der Waals surface area (Å²) in [4.78, 5) is 18.8. The standard InChI is InChI=1S/C17H21N3OS2/c1-13-11-22-17(18-13)23-12-16(21)19-14-5-7-15(8-6-14)20-9-3-2-4-10-20/h5-8,11H,2-4,9-10,12H2,1H3,(H,19,21). The molecule has 122 valence electrons. The minimum Gasteiger partial charge on any atom is -0.372 e. The van der Waals surface area contributed by atoms with Gasteiger partial charge in [-0.25, -0.2) is 4.98 Å². The van der Waals surface area contributed by atoms with Crippen LogP contribution in [0.1, 0.15) is 25.0 Å². The topological polar surface area (TPSA) is 45.2 Å². The summed E-state index contributed by atoms with van der Waals surface area (Å²) in [6.07, 6.45) is 3.87. The van der Waals surface area contributed by atoms with Crippen LogP contribution in [0.15, 0.2) is 34.0 Å². The molecule has 0 atom stereocenters. The Balaban J connectivity index is 1.50. The van der Waals surface area contributed by atoms with E-state index in [1.54, 1.807) is 11.3 Å². The van der Waals surface area contributed by atoms with Crippen molar-refractivity contribution < 1.29 is 4.79 Å². The molecule has 2 aromatic rings. The smallest absolute Gasteiger partial charge is 0.234 e. The second kappa shape index (κ2) is 7.84. The Morgan fingerprint density at radius 3 is 2.65 bits per heavy atom. The van der Waals surface area contributed by atoms with Gasteiger partial charge in [0.15, 0.2) is 4.34 Å². The zero-order chi connectivity index (χ0) is 16.1. The van der Waals surface area contributed by atoms with E-state index in [2.05, 4.69) is 27.3 Å². The number of piperidine rings is 1. The molecule has 1 aliphatic heterocycles. The Kier molecular flexibility index (Phi) is 5.56. The van der Waals surface area contributed by atoms with Crippen molar-refractivity contribution in [3.05, 3.63) is 35.3 Å². The van der Waals surface area contributed by atoms with Gasteiger partial charge in [0.2, 0.25) is 5.91 Å². The molecule has 1 N–H and O–H groups in total. The molecule has 1 aromatic heterocycles. The first-order valence-electron chi connectivity index (χ1n) is 7.90. The lowest BCUT2D eigenvalue weighted by atomic mass is 10.1. The third-order valence-corrected chi connectivity index (χ3v) is 5.94. The summed E-state index contributed by atoms with van der Waals surface area (Å²) in [6, 6.07) is 8.16. The van der Waals surface area contributed by atoms with Crippen LogP contribution in [0.25, 0.3) is 0 Å². The Bertz CT molecular complexity index is 648. The molecule has 0 spiro atoms. The number of aromatic nitrogens is 1. The van der Waals surface area contributed by atoms with Crippen LogP contribution in [0, 0.1) is 6.92 Å². The average molecular weight is 348 g/mol. The van der Waals surface area contributed by atoms with E-state index in [4.69, 9.17) is 0 Å². The van der Waals surface area contributed by atoms with E-state index in [0.29, 0.717) is 5.75 Å². The molecule has 2 heterocycles. The molecular formula is C17H21N3OS2. The van der Waals surface area contributed by atoms with Gasteiger partial charge in [-0.1, -0.05) is 11.8 Å². The number of carbonyl (C=O) groups excluding carboxylic acids is 1. The molecule has 0 bridgehead atoms. The highest BCUT2D eigenvalue weighted by Crippen LogP contribution is 2.24. The summed E-state index contributed by atoms with van der Waals surface area (Å²) < 4.78 is 0.943. The van der Waals surface area contributed by atoms with Crippen molar-refractivity contribution in [1.29, 1.82) is 0 Å². The second-order valence-electron chi connectivity index (χ2n) is 5.69. The number of amides is 1. The van der Waals surface area contributed by atoms with Crippen LogP contribution in [0.5, 0.6) is 0 Å². The van der Waals surface area contributed by atoms with Crippen molar-refractivity contribution in [2.45, 2.75) is 30.5 Å². The second-order valence-corrected chi connectivity index (χ2v) is 7.77. The highest BCUT2D eigenvalue weighted by molar-refractivity contribution is 8.01. The van der Waals surface area contributed by atoms with E-state index in [9.17, 15) is 4.79 Å². The molecule has 1 amide bonds. The van der Waals surface area contributed by atoms with Crippen molar-refractivity contribution in [2.75, 3.05) is 29.1 Å². The van der Waals surface area contributed by atoms with E-state index >= 15 is 0 Å². The fraction of sp³-hybridized carbons (Fsp3) is 0.412. The van der Waals surface area contributed by atoms with E-state index in [1.165, 1.54) is 36.7 Å². The lowest BCUT2D eigenvalue weighted by molar-refractivity contribution is -0.113. The first-order chi connectivity index (χ1) is 11.2. The largest absolute Gasteiger partial charge is 0.372 e. The van der Waals surface area contributed by atoms with E-state index in [0.717, 1.165) is 28.8 Å². The number of benzene rings is 1. The van der Waals surface area contributed by atoms with Gasteiger partial charge in [0.05, 0.1) is 5.75 Å². The van der Waals surface area contributed by atoms with Gasteiger partial charge in [-0.3, -0.25) is 4.79 Å². The Labute approximate surface area is 145 Å². The molecule has 0 radical (unpaired) electrons. The molecule has 6 heteroatoms. The Morgan fingerprint density at radius 1 is 1.26 bits per heavy atom. The lowest BCUT2D eigenvalue weighted by Gasteiger charge is -2.28. The van der Waals surface area contributed by atoms with Gasteiger partial charge >= 0.3 is 0 Å². The predicted octanol–water partition coefficient (Wildman–Crippen LogP) is 4.17. The predicted molar refractivity (Wildman–Crippen MR) is 98.7 cm³/mol. The number of hydrogen-bond donors (Lipinski definition) is 1. The van der Waals surface area contributed by atoms with E-state index in [-0.39, 0.29) is 5.91 Å². The summed E-state index contributed by atoms with van der Waals surface area (Å²) in [7, 11) is 0. The normalized spacial score (nSPS) is 14.7. The van der Waals surface area contributed by atoms with Gasteiger partial charge in [-0.05, 0) is 50.5 Å². The van der Waals surface area contributed by atoms with E-state index in [1.807, 2.05) is 24.4 Å². The zero-order valence-corrected chi connectivity index (χ0v) is 14.9. The van der Waals surface area contributed by atoms with Crippen molar-refractivity contribution in [3.63, 3.8) is 0 Å². The number of nitrogens with one attached hydrogen (secondary N) is 1. The van der Waals surface area contributed by atoms with Crippen LogP contribution in [0.4, 0.5) is 11.4 Å². The van der Waals surface area contributed by atoms with Crippen molar-refractivity contribution in [1.82, 2.24) is 4.98 Å². The first kappa shape index (κ1) is 16.3. The monoisotopic (exact) mass is 347 g/mol. The lowest BCUT2D eigenvalue weighted by Crippen LogP contribution is -2.29. The van der Waals surface area contributed by atoms with Gasteiger partial charge in [-0.15, -0.1) is 11.3 Å². The van der Waals surface area contributed by atoms with E-state index < -0.39 is 0 Å². The van der Waals surface area contributed by atoms with Gasteiger partial charge in [-0.2, -0.15) is 0 Å². The Morgan fingerprint density at radius 2 is 2.00 bits per heavy atom. The SMILES string of the molecule is Cc1csc(SCC(=O)Nc2ccc(N3CCCCC3)cc2)n1. The third-order valence-electron chi connectivity index (χ3n) is 3.80.